The van der Waals surface area contributed by atoms with Crippen molar-refractivity contribution < 1.29 is 9.90 Å². The van der Waals surface area contributed by atoms with Gasteiger partial charge in [-0.2, -0.15) is 5.10 Å². The highest BCUT2D eigenvalue weighted by molar-refractivity contribution is 5.92. The van der Waals surface area contributed by atoms with E-state index < -0.39 is 0 Å². The standard InChI is InChI=1S/C13H21N3O3/c1-3-8-16-12(18)6-5-11(15-16)13(19)14-10(4-2)7-9-17/h5-6,10,17H,3-4,7-9H2,1-2H3,(H,14,19). The van der Waals surface area contributed by atoms with Crippen LogP contribution in [0.4, 0.5) is 0 Å². The number of rotatable bonds is 7. The van der Waals surface area contributed by atoms with Crippen molar-refractivity contribution in [3.8, 4) is 0 Å². The lowest BCUT2D eigenvalue weighted by Crippen LogP contribution is -2.37. The maximum absolute atomic E-state index is 12.0. The summed E-state index contributed by atoms with van der Waals surface area (Å²) in [6, 6.07) is 2.70. The largest absolute Gasteiger partial charge is 0.396 e. The number of carbonyl (C=O) groups is 1. The zero-order chi connectivity index (χ0) is 14.3. The molecule has 0 radical (unpaired) electrons. The summed E-state index contributed by atoms with van der Waals surface area (Å²) in [5.74, 6) is -0.315. The molecule has 0 fully saturated rings. The van der Waals surface area contributed by atoms with E-state index in [1.807, 2.05) is 13.8 Å². The number of aryl methyl sites for hydroxylation is 1. The van der Waals surface area contributed by atoms with E-state index in [0.717, 1.165) is 12.8 Å². The van der Waals surface area contributed by atoms with Crippen molar-refractivity contribution in [2.75, 3.05) is 6.61 Å². The summed E-state index contributed by atoms with van der Waals surface area (Å²) in [5.41, 5.74) is 0.0187. The molecule has 0 saturated heterocycles. The molecule has 1 unspecified atom stereocenters. The third-order valence-corrected chi connectivity index (χ3v) is 2.84. The van der Waals surface area contributed by atoms with E-state index in [0.29, 0.717) is 13.0 Å². The highest BCUT2D eigenvalue weighted by atomic mass is 16.3. The quantitative estimate of drug-likeness (QED) is 0.755. The van der Waals surface area contributed by atoms with E-state index in [4.69, 9.17) is 5.11 Å². The van der Waals surface area contributed by atoms with Gasteiger partial charge in [0.15, 0.2) is 0 Å². The van der Waals surface area contributed by atoms with E-state index in [1.165, 1.54) is 16.8 Å². The molecule has 6 nitrogen and oxygen atoms in total. The molecule has 6 heteroatoms. The number of hydrogen-bond donors (Lipinski definition) is 2. The van der Waals surface area contributed by atoms with Gasteiger partial charge in [-0.25, -0.2) is 4.68 Å². The van der Waals surface area contributed by atoms with Crippen LogP contribution in [0.3, 0.4) is 0 Å². The minimum Gasteiger partial charge on any atom is -0.396 e. The molecule has 0 aliphatic carbocycles. The number of hydrogen-bond acceptors (Lipinski definition) is 4. The van der Waals surface area contributed by atoms with Gasteiger partial charge in [-0.3, -0.25) is 9.59 Å². The van der Waals surface area contributed by atoms with E-state index >= 15 is 0 Å². The predicted octanol–water partition coefficient (Wildman–Crippen LogP) is 0.544. The van der Waals surface area contributed by atoms with Crippen LogP contribution in [-0.2, 0) is 6.54 Å². The van der Waals surface area contributed by atoms with Crippen LogP contribution < -0.4 is 10.9 Å². The van der Waals surface area contributed by atoms with Gasteiger partial charge >= 0.3 is 0 Å². The molecular formula is C13H21N3O3. The molecule has 106 valence electrons. The van der Waals surface area contributed by atoms with Gasteiger partial charge in [0, 0.05) is 25.3 Å². The smallest absolute Gasteiger partial charge is 0.271 e. The van der Waals surface area contributed by atoms with Gasteiger partial charge in [0.25, 0.3) is 11.5 Å². The summed E-state index contributed by atoms with van der Waals surface area (Å²) in [6.07, 6.45) is 2.03. The van der Waals surface area contributed by atoms with Crippen LogP contribution >= 0.6 is 0 Å². The minimum absolute atomic E-state index is 0.0293. The number of amides is 1. The first-order chi connectivity index (χ1) is 9.12. The highest BCUT2D eigenvalue weighted by Gasteiger charge is 2.13. The summed E-state index contributed by atoms with van der Waals surface area (Å²) >= 11 is 0. The Morgan fingerprint density at radius 3 is 2.79 bits per heavy atom. The van der Waals surface area contributed by atoms with Crippen LogP contribution in [0.1, 0.15) is 43.6 Å². The molecule has 0 spiro atoms. The molecule has 0 saturated carbocycles. The molecule has 0 aromatic carbocycles. The zero-order valence-electron chi connectivity index (χ0n) is 11.4. The Hall–Kier alpha value is -1.69. The monoisotopic (exact) mass is 267 g/mol. The van der Waals surface area contributed by atoms with E-state index in [1.54, 1.807) is 0 Å². The van der Waals surface area contributed by atoms with Crippen LogP contribution in [0.15, 0.2) is 16.9 Å². The fourth-order valence-electron chi connectivity index (χ4n) is 1.74. The van der Waals surface area contributed by atoms with Gasteiger partial charge in [-0.1, -0.05) is 13.8 Å². The first-order valence-corrected chi connectivity index (χ1v) is 6.62. The van der Waals surface area contributed by atoms with Gasteiger partial charge in [0.1, 0.15) is 5.69 Å². The third-order valence-electron chi connectivity index (χ3n) is 2.84. The number of nitrogens with zero attached hydrogens (tertiary/aromatic N) is 2. The SMILES string of the molecule is CCCn1nc(C(=O)NC(CC)CCO)ccc1=O. The van der Waals surface area contributed by atoms with E-state index in [9.17, 15) is 9.59 Å². The summed E-state index contributed by atoms with van der Waals surface area (Å²) in [7, 11) is 0. The molecule has 0 bridgehead atoms. The van der Waals surface area contributed by atoms with E-state index in [2.05, 4.69) is 10.4 Å². The number of aromatic nitrogens is 2. The van der Waals surface area contributed by atoms with Crippen molar-refractivity contribution in [2.24, 2.45) is 0 Å². The topological polar surface area (TPSA) is 84.2 Å². The molecule has 1 aromatic rings. The second-order valence-corrected chi connectivity index (χ2v) is 4.37. The van der Waals surface area contributed by atoms with Crippen molar-refractivity contribution in [3.05, 3.63) is 28.2 Å². The molecule has 1 aromatic heterocycles. The van der Waals surface area contributed by atoms with Gasteiger partial charge in [0.05, 0.1) is 0 Å². The molecule has 19 heavy (non-hydrogen) atoms. The first-order valence-electron chi connectivity index (χ1n) is 6.62. The minimum atomic E-state index is -0.315. The fraction of sp³-hybridized carbons (Fsp3) is 0.615. The van der Waals surface area contributed by atoms with Gasteiger partial charge in [-0.05, 0) is 25.3 Å². The van der Waals surface area contributed by atoms with Crippen molar-refractivity contribution in [3.63, 3.8) is 0 Å². The van der Waals surface area contributed by atoms with Crippen LogP contribution in [0.2, 0.25) is 0 Å². The number of nitrogens with one attached hydrogen (secondary N) is 1. The highest BCUT2D eigenvalue weighted by Crippen LogP contribution is 1.99. The lowest BCUT2D eigenvalue weighted by atomic mass is 10.1. The van der Waals surface area contributed by atoms with Crippen LogP contribution in [0.5, 0.6) is 0 Å². The number of carbonyl (C=O) groups excluding carboxylic acids is 1. The van der Waals surface area contributed by atoms with Crippen LogP contribution in [0.25, 0.3) is 0 Å². The van der Waals surface area contributed by atoms with Crippen molar-refractivity contribution in [1.82, 2.24) is 15.1 Å². The summed E-state index contributed by atoms with van der Waals surface area (Å²) in [6.45, 7) is 4.40. The second kappa shape index (κ2) is 7.68. The van der Waals surface area contributed by atoms with Gasteiger partial charge in [0.2, 0.25) is 0 Å². The molecule has 2 N–H and O–H groups in total. The van der Waals surface area contributed by atoms with E-state index in [-0.39, 0.29) is 29.8 Å². The second-order valence-electron chi connectivity index (χ2n) is 4.37. The third kappa shape index (κ3) is 4.48. The van der Waals surface area contributed by atoms with Crippen LogP contribution in [-0.4, -0.2) is 33.4 Å². The van der Waals surface area contributed by atoms with Gasteiger partial charge < -0.3 is 10.4 Å². The Kier molecular flexibility index (Phi) is 6.21. The Morgan fingerprint density at radius 2 is 2.21 bits per heavy atom. The maximum atomic E-state index is 12.0. The number of aliphatic hydroxyl groups is 1. The Bertz CT molecular complexity index is 470. The zero-order valence-corrected chi connectivity index (χ0v) is 11.4. The van der Waals surface area contributed by atoms with Gasteiger partial charge in [-0.15, -0.1) is 0 Å². The van der Waals surface area contributed by atoms with Crippen LogP contribution in [0, 0.1) is 0 Å². The fourth-order valence-corrected chi connectivity index (χ4v) is 1.74. The molecule has 1 atom stereocenters. The molecular weight excluding hydrogens is 246 g/mol. The molecule has 0 aliphatic rings. The molecule has 0 aliphatic heterocycles. The lowest BCUT2D eigenvalue weighted by molar-refractivity contribution is 0.0921. The average Bonchev–Trinajstić information content (AvgIpc) is 2.40. The normalized spacial score (nSPS) is 12.2. The molecule has 1 heterocycles. The predicted molar refractivity (Wildman–Crippen MR) is 72.0 cm³/mol. The molecule has 1 rings (SSSR count). The lowest BCUT2D eigenvalue weighted by Gasteiger charge is -2.15. The Morgan fingerprint density at radius 1 is 1.47 bits per heavy atom. The Labute approximate surface area is 112 Å². The van der Waals surface area contributed by atoms with Crippen molar-refractivity contribution in [2.45, 2.75) is 45.7 Å². The van der Waals surface area contributed by atoms with Crippen molar-refractivity contribution >= 4 is 5.91 Å². The summed E-state index contributed by atoms with van der Waals surface area (Å²) in [5, 5.41) is 15.7. The number of aliphatic hydroxyl groups excluding tert-OH is 1. The first kappa shape index (κ1) is 15.4. The maximum Gasteiger partial charge on any atom is 0.271 e. The molecule has 1 amide bonds. The average molecular weight is 267 g/mol. The van der Waals surface area contributed by atoms with Crippen molar-refractivity contribution in [1.29, 1.82) is 0 Å². The Balaban J connectivity index is 2.81. The summed E-state index contributed by atoms with van der Waals surface area (Å²) in [4.78, 5) is 23.5. The summed E-state index contributed by atoms with van der Waals surface area (Å²) < 4.78 is 1.29.